The van der Waals surface area contributed by atoms with Crippen molar-refractivity contribution >= 4 is 23.4 Å². The fourth-order valence-corrected chi connectivity index (χ4v) is 3.88. The molecule has 1 saturated heterocycles. The molecule has 1 unspecified atom stereocenters. The molecule has 0 aliphatic carbocycles. The zero-order chi connectivity index (χ0) is 20.1. The molecule has 2 aromatic rings. The van der Waals surface area contributed by atoms with Crippen molar-refractivity contribution in [3.05, 3.63) is 52.3 Å². The SMILES string of the molecule is CCCc1cc(C(=O)N2CCCC(CNC(=O)c3ccccc3Cl)C2)n(C)n1. The molecule has 1 aromatic carbocycles. The maximum atomic E-state index is 12.9. The molecule has 1 aliphatic heterocycles. The highest BCUT2D eigenvalue weighted by atomic mass is 35.5. The summed E-state index contributed by atoms with van der Waals surface area (Å²) in [5, 5.41) is 7.84. The molecular weight excluding hydrogens is 376 g/mol. The fourth-order valence-electron chi connectivity index (χ4n) is 3.66. The minimum absolute atomic E-state index is 0.0134. The molecule has 1 fully saturated rings. The van der Waals surface area contributed by atoms with E-state index in [1.807, 2.05) is 18.0 Å². The number of piperidine rings is 1. The Balaban J connectivity index is 1.59. The van der Waals surface area contributed by atoms with E-state index in [4.69, 9.17) is 11.6 Å². The Bertz CT molecular complexity index is 849. The second-order valence-electron chi connectivity index (χ2n) is 7.34. The van der Waals surface area contributed by atoms with E-state index in [9.17, 15) is 9.59 Å². The van der Waals surface area contributed by atoms with Crippen molar-refractivity contribution in [3.8, 4) is 0 Å². The van der Waals surface area contributed by atoms with Crippen LogP contribution < -0.4 is 5.32 Å². The third-order valence-electron chi connectivity index (χ3n) is 5.13. The third-order valence-corrected chi connectivity index (χ3v) is 5.46. The lowest BCUT2D eigenvalue weighted by molar-refractivity contribution is 0.0660. The number of aryl methyl sites for hydroxylation is 2. The molecule has 7 heteroatoms. The highest BCUT2D eigenvalue weighted by molar-refractivity contribution is 6.33. The summed E-state index contributed by atoms with van der Waals surface area (Å²) in [4.78, 5) is 27.2. The number of carbonyl (C=O) groups excluding carboxylic acids is 2. The third kappa shape index (κ3) is 4.73. The van der Waals surface area contributed by atoms with Crippen LogP contribution in [0, 0.1) is 5.92 Å². The number of carbonyl (C=O) groups is 2. The van der Waals surface area contributed by atoms with E-state index < -0.39 is 0 Å². The molecule has 3 rings (SSSR count). The van der Waals surface area contributed by atoms with Crippen molar-refractivity contribution in [2.24, 2.45) is 13.0 Å². The Morgan fingerprint density at radius 1 is 1.32 bits per heavy atom. The molecule has 28 heavy (non-hydrogen) atoms. The molecule has 6 nitrogen and oxygen atoms in total. The minimum atomic E-state index is -0.176. The van der Waals surface area contributed by atoms with Gasteiger partial charge in [0.2, 0.25) is 0 Å². The van der Waals surface area contributed by atoms with E-state index in [1.54, 1.807) is 28.9 Å². The molecule has 1 aliphatic rings. The Hall–Kier alpha value is -2.34. The zero-order valence-electron chi connectivity index (χ0n) is 16.4. The Labute approximate surface area is 170 Å². The van der Waals surface area contributed by atoms with Gasteiger partial charge in [-0.1, -0.05) is 37.1 Å². The first-order chi connectivity index (χ1) is 13.5. The van der Waals surface area contributed by atoms with Gasteiger partial charge in [-0.3, -0.25) is 14.3 Å². The van der Waals surface area contributed by atoms with Gasteiger partial charge in [0.15, 0.2) is 0 Å². The average molecular weight is 403 g/mol. The second kappa shape index (κ2) is 9.24. The number of aromatic nitrogens is 2. The highest BCUT2D eigenvalue weighted by Crippen LogP contribution is 2.20. The van der Waals surface area contributed by atoms with Gasteiger partial charge in [0.1, 0.15) is 5.69 Å². The van der Waals surface area contributed by atoms with Gasteiger partial charge in [-0.05, 0) is 43.4 Å². The van der Waals surface area contributed by atoms with Gasteiger partial charge in [-0.25, -0.2) is 0 Å². The summed E-state index contributed by atoms with van der Waals surface area (Å²) in [5.41, 5.74) is 2.06. The van der Waals surface area contributed by atoms with Crippen molar-refractivity contribution in [1.29, 1.82) is 0 Å². The van der Waals surface area contributed by atoms with E-state index in [-0.39, 0.29) is 17.7 Å². The molecule has 150 valence electrons. The lowest BCUT2D eigenvalue weighted by atomic mass is 9.97. The van der Waals surface area contributed by atoms with Crippen LogP contribution in [0.5, 0.6) is 0 Å². The molecule has 0 spiro atoms. The summed E-state index contributed by atoms with van der Waals surface area (Å²) < 4.78 is 1.68. The van der Waals surface area contributed by atoms with Crippen LogP contribution in [0.15, 0.2) is 30.3 Å². The predicted molar refractivity (Wildman–Crippen MR) is 110 cm³/mol. The van der Waals surface area contributed by atoms with Gasteiger partial charge in [-0.15, -0.1) is 0 Å². The van der Waals surface area contributed by atoms with Gasteiger partial charge in [0.25, 0.3) is 11.8 Å². The number of halogens is 1. The van der Waals surface area contributed by atoms with E-state index in [0.717, 1.165) is 37.9 Å². The van der Waals surface area contributed by atoms with E-state index in [0.29, 0.717) is 29.4 Å². The van der Waals surface area contributed by atoms with Crippen LogP contribution in [-0.2, 0) is 13.5 Å². The minimum Gasteiger partial charge on any atom is -0.352 e. The van der Waals surface area contributed by atoms with Gasteiger partial charge < -0.3 is 10.2 Å². The van der Waals surface area contributed by atoms with Crippen molar-refractivity contribution < 1.29 is 9.59 Å². The summed E-state index contributed by atoms with van der Waals surface area (Å²) in [6.45, 7) is 4.00. The highest BCUT2D eigenvalue weighted by Gasteiger charge is 2.27. The lowest BCUT2D eigenvalue weighted by Gasteiger charge is -2.32. The molecule has 2 amide bonds. The maximum absolute atomic E-state index is 12.9. The molecule has 0 radical (unpaired) electrons. The maximum Gasteiger partial charge on any atom is 0.272 e. The number of nitrogens with zero attached hydrogens (tertiary/aromatic N) is 3. The van der Waals surface area contributed by atoms with Gasteiger partial charge in [0.05, 0.1) is 16.3 Å². The van der Waals surface area contributed by atoms with Gasteiger partial charge >= 0.3 is 0 Å². The molecular formula is C21H27ClN4O2. The average Bonchev–Trinajstić information content (AvgIpc) is 3.06. The van der Waals surface area contributed by atoms with Crippen molar-refractivity contribution in [2.45, 2.75) is 32.6 Å². The summed E-state index contributed by atoms with van der Waals surface area (Å²) >= 11 is 6.09. The number of hydrogen-bond acceptors (Lipinski definition) is 3. The van der Waals surface area contributed by atoms with Crippen molar-refractivity contribution in [2.75, 3.05) is 19.6 Å². The molecule has 1 atom stereocenters. The summed E-state index contributed by atoms with van der Waals surface area (Å²) in [6.07, 6.45) is 3.79. The van der Waals surface area contributed by atoms with Crippen molar-refractivity contribution in [1.82, 2.24) is 20.0 Å². The van der Waals surface area contributed by atoms with Gasteiger partial charge in [-0.2, -0.15) is 5.10 Å². The quantitative estimate of drug-likeness (QED) is 0.806. The zero-order valence-corrected chi connectivity index (χ0v) is 17.2. The monoisotopic (exact) mass is 402 g/mol. The number of hydrogen-bond donors (Lipinski definition) is 1. The summed E-state index contributed by atoms with van der Waals surface area (Å²) in [6, 6.07) is 8.91. The largest absolute Gasteiger partial charge is 0.352 e. The summed E-state index contributed by atoms with van der Waals surface area (Å²) in [5.74, 6) is 0.0665. The standard InChI is InChI=1S/C21H27ClN4O2/c1-3-7-16-12-19(25(2)24-16)21(28)26-11-6-8-15(14-26)13-23-20(27)17-9-4-5-10-18(17)22/h4-5,9-10,12,15H,3,6-8,11,13-14H2,1-2H3,(H,23,27). The number of benzene rings is 1. The number of likely N-dealkylation sites (tertiary alicyclic amines) is 1. The molecule has 2 heterocycles. The summed E-state index contributed by atoms with van der Waals surface area (Å²) in [7, 11) is 1.82. The van der Waals surface area contributed by atoms with Crippen LogP contribution in [0.25, 0.3) is 0 Å². The molecule has 0 bridgehead atoms. The van der Waals surface area contributed by atoms with E-state index in [1.165, 1.54) is 0 Å². The van der Waals surface area contributed by atoms with Crippen LogP contribution >= 0.6 is 11.6 Å². The van der Waals surface area contributed by atoms with Crippen LogP contribution in [-0.4, -0.2) is 46.1 Å². The normalized spacial score (nSPS) is 16.8. The number of amides is 2. The first-order valence-electron chi connectivity index (χ1n) is 9.84. The Morgan fingerprint density at radius 2 is 2.11 bits per heavy atom. The van der Waals surface area contributed by atoms with E-state index in [2.05, 4.69) is 17.3 Å². The van der Waals surface area contributed by atoms with Crippen LogP contribution in [0.1, 0.15) is 52.7 Å². The first-order valence-corrected chi connectivity index (χ1v) is 10.2. The predicted octanol–water partition coefficient (Wildman–Crippen LogP) is 3.31. The molecule has 1 aromatic heterocycles. The van der Waals surface area contributed by atoms with Crippen molar-refractivity contribution in [3.63, 3.8) is 0 Å². The topological polar surface area (TPSA) is 67.2 Å². The molecule has 1 N–H and O–H groups in total. The van der Waals surface area contributed by atoms with Crippen LogP contribution in [0.3, 0.4) is 0 Å². The lowest BCUT2D eigenvalue weighted by Crippen LogP contribution is -2.44. The number of rotatable bonds is 6. The molecule has 0 saturated carbocycles. The number of nitrogens with one attached hydrogen (secondary N) is 1. The second-order valence-corrected chi connectivity index (χ2v) is 7.75. The van der Waals surface area contributed by atoms with Gasteiger partial charge in [0, 0.05) is 26.7 Å². The Kier molecular flexibility index (Phi) is 6.73. The fraction of sp³-hybridized carbons (Fsp3) is 0.476. The van der Waals surface area contributed by atoms with Crippen LogP contribution in [0.4, 0.5) is 0 Å². The smallest absolute Gasteiger partial charge is 0.272 e. The first kappa shape index (κ1) is 20.4. The Morgan fingerprint density at radius 3 is 2.86 bits per heavy atom. The van der Waals surface area contributed by atoms with E-state index >= 15 is 0 Å². The van der Waals surface area contributed by atoms with Crippen LogP contribution in [0.2, 0.25) is 5.02 Å².